The van der Waals surface area contributed by atoms with E-state index in [0.29, 0.717) is 12.1 Å². The van der Waals surface area contributed by atoms with E-state index in [0.717, 1.165) is 22.1 Å². The molecule has 2 rings (SSSR count). The molecule has 1 atom stereocenters. The minimum Gasteiger partial charge on any atom is -0.497 e. The molecule has 1 heterocycles. The summed E-state index contributed by atoms with van der Waals surface area (Å²) in [4.78, 5) is 11.7. The van der Waals surface area contributed by atoms with Crippen molar-refractivity contribution in [2.45, 2.75) is 18.2 Å². The zero-order chi connectivity index (χ0) is 15.2. The van der Waals surface area contributed by atoms with Crippen LogP contribution in [-0.4, -0.2) is 19.0 Å². The van der Waals surface area contributed by atoms with Crippen LogP contribution in [0.25, 0.3) is 0 Å². The molecule has 0 spiro atoms. The van der Waals surface area contributed by atoms with E-state index in [1.807, 2.05) is 37.3 Å². The van der Waals surface area contributed by atoms with E-state index in [1.165, 1.54) is 5.56 Å². The summed E-state index contributed by atoms with van der Waals surface area (Å²) in [7, 11) is 1.65. The number of methoxy groups -OCH3 is 1. The molecule has 21 heavy (non-hydrogen) atoms. The van der Waals surface area contributed by atoms with Crippen molar-refractivity contribution in [1.29, 1.82) is 0 Å². The number of dihydropyridines is 1. The molecule has 0 radical (unpaired) electrons. The molecule has 1 aromatic carbocycles. The number of alkyl halides is 1. The predicted molar refractivity (Wildman–Crippen MR) is 87.0 cm³/mol. The number of thioether (sulfide) groups is 1. The smallest absolute Gasteiger partial charge is 0.211 e. The van der Waals surface area contributed by atoms with E-state index in [2.05, 4.69) is 10.6 Å². The molecule has 1 aliphatic heterocycles. The fourth-order valence-electron chi connectivity index (χ4n) is 1.92. The number of amides is 1. The summed E-state index contributed by atoms with van der Waals surface area (Å²) in [6.07, 6.45) is 2.63. The molecule has 1 unspecified atom stereocenters. The van der Waals surface area contributed by atoms with Gasteiger partial charge in [0.2, 0.25) is 6.41 Å². The van der Waals surface area contributed by atoms with Crippen LogP contribution in [0.5, 0.6) is 5.75 Å². The van der Waals surface area contributed by atoms with Crippen molar-refractivity contribution < 1.29 is 9.53 Å². The lowest BCUT2D eigenvalue weighted by molar-refractivity contribution is -0.109. The largest absolute Gasteiger partial charge is 0.497 e. The molecule has 0 aliphatic carbocycles. The highest BCUT2D eigenvalue weighted by Gasteiger charge is 2.19. The maximum absolute atomic E-state index is 10.7. The Morgan fingerprint density at radius 3 is 2.76 bits per heavy atom. The average molecular weight is 325 g/mol. The first-order valence-electron chi connectivity index (χ1n) is 6.43. The first kappa shape index (κ1) is 15.8. The van der Waals surface area contributed by atoms with Gasteiger partial charge < -0.3 is 15.4 Å². The van der Waals surface area contributed by atoms with E-state index in [-0.39, 0.29) is 0 Å². The second-order valence-electron chi connectivity index (χ2n) is 4.51. The first-order valence-corrected chi connectivity index (χ1v) is 7.85. The van der Waals surface area contributed by atoms with Crippen molar-refractivity contribution in [3.63, 3.8) is 0 Å². The number of carbonyl (C=O) groups excluding carboxylic acids is 1. The van der Waals surface area contributed by atoms with Crippen LogP contribution in [0.15, 0.2) is 46.6 Å². The van der Waals surface area contributed by atoms with Crippen molar-refractivity contribution >= 4 is 29.8 Å². The standard InChI is InChI=1S/C15H17ClN2O2S/c1-10-7-13(14(17-9-19)15(16)18-10)21-8-11-3-5-12(20-2)6-4-11/h3-7,9,15,18H,8H2,1-2H3,(H,17,19). The molecular weight excluding hydrogens is 308 g/mol. The van der Waals surface area contributed by atoms with Crippen LogP contribution in [-0.2, 0) is 10.5 Å². The highest BCUT2D eigenvalue weighted by molar-refractivity contribution is 8.02. The van der Waals surface area contributed by atoms with Crippen LogP contribution < -0.4 is 15.4 Å². The monoisotopic (exact) mass is 324 g/mol. The van der Waals surface area contributed by atoms with Gasteiger partial charge in [0, 0.05) is 16.4 Å². The minimum atomic E-state index is -0.418. The molecule has 0 saturated carbocycles. The summed E-state index contributed by atoms with van der Waals surface area (Å²) in [5, 5.41) is 5.75. The van der Waals surface area contributed by atoms with Crippen molar-refractivity contribution in [3.05, 3.63) is 52.2 Å². The normalized spacial score (nSPS) is 17.9. The van der Waals surface area contributed by atoms with Gasteiger partial charge in [-0.3, -0.25) is 4.79 Å². The fourth-order valence-corrected chi connectivity index (χ4v) is 3.45. The number of hydrogen-bond acceptors (Lipinski definition) is 4. The van der Waals surface area contributed by atoms with E-state index < -0.39 is 5.50 Å². The lowest BCUT2D eigenvalue weighted by atomic mass is 10.2. The summed E-state index contributed by atoms with van der Waals surface area (Å²) in [6, 6.07) is 7.91. The zero-order valence-electron chi connectivity index (χ0n) is 11.9. The zero-order valence-corrected chi connectivity index (χ0v) is 13.4. The van der Waals surface area contributed by atoms with Gasteiger partial charge in [-0.2, -0.15) is 0 Å². The summed E-state index contributed by atoms with van der Waals surface area (Å²) in [6.45, 7) is 1.95. The molecule has 0 fully saturated rings. The van der Waals surface area contributed by atoms with Gasteiger partial charge in [0.05, 0.1) is 12.8 Å². The molecule has 2 N–H and O–H groups in total. The molecule has 112 valence electrons. The highest BCUT2D eigenvalue weighted by Crippen LogP contribution is 2.30. The number of rotatable bonds is 6. The molecular formula is C15H17ClN2O2S. The molecule has 4 nitrogen and oxygen atoms in total. The number of ether oxygens (including phenoxy) is 1. The molecule has 0 saturated heterocycles. The lowest BCUT2D eigenvalue weighted by Crippen LogP contribution is -2.34. The van der Waals surface area contributed by atoms with Gasteiger partial charge in [0.1, 0.15) is 11.3 Å². The Hall–Kier alpha value is -1.59. The van der Waals surface area contributed by atoms with Gasteiger partial charge in [-0.25, -0.2) is 0 Å². The maximum atomic E-state index is 10.7. The quantitative estimate of drug-likeness (QED) is 0.480. The first-order chi connectivity index (χ1) is 10.1. The maximum Gasteiger partial charge on any atom is 0.211 e. The molecule has 0 bridgehead atoms. The second kappa shape index (κ2) is 7.43. The Labute approximate surface area is 133 Å². The number of benzene rings is 1. The Morgan fingerprint density at radius 2 is 2.14 bits per heavy atom. The molecule has 0 aromatic heterocycles. The SMILES string of the molecule is COc1ccc(CSC2=C(NC=O)C(Cl)NC(C)=C2)cc1. The van der Waals surface area contributed by atoms with Gasteiger partial charge >= 0.3 is 0 Å². The van der Waals surface area contributed by atoms with Gasteiger partial charge in [0.15, 0.2) is 0 Å². The Balaban J connectivity index is 2.11. The van der Waals surface area contributed by atoms with Crippen molar-refractivity contribution in [3.8, 4) is 5.75 Å². The number of hydrogen-bond donors (Lipinski definition) is 2. The van der Waals surface area contributed by atoms with Crippen LogP contribution in [0, 0.1) is 0 Å². The number of allylic oxidation sites excluding steroid dienone is 2. The van der Waals surface area contributed by atoms with Gasteiger partial charge in [0.25, 0.3) is 0 Å². The second-order valence-corrected chi connectivity index (χ2v) is 5.96. The van der Waals surface area contributed by atoms with Crippen LogP contribution in [0.4, 0.5) is 0 Å². The van der Waals surface area contributed by atoms with Crippen molar-refractivity contribution in [1.82, 2.24) is 10.6 Å². The molecule has 1 amide bonds. The Kier molecular flexibility index (Phi) is 5.59. The van der Waals surface area contributed by atoms with E-state index in [1.54, 1.807) is 18.9 Å². The van der Waals surface area contributed by atoms with Crippen LogP contribution in [0.3, 0.4) is 0 Å². The lowest BCUT2D eigenvalue weighted by Gasteiger charge is -2.24. The number of nitrogens with one attached hydrogen (secondary N) is 2. The van der Waals surface area contributed by atoms with Crippen molar-refractivity contribution in [2.75, 3.05) is 7.11 Å². The van der Waals surface area contributed by atoms with Crippen LogP contribution >= 0.6 is 23.4 Å². The minimum absolute atomic E-state index is 0.418. The third-order valence-electron chi connectivity index (χ3n) is 2.99. The van der Waals surface area contributed by atoms with Crippen LogP contribution in [0.2, 0.25) is 0 Å². The number of carbonyl (C=O) groups is 1. The van der Waals surface area contributed by atoms with Crippen LogP contribution in [0.1, 0.15) is 12.5 Å². The fraction of sp³-hybridized carbons (Fsp3) is 0.267. The van der Waals surface area contributed by atoms with Gasteiger partial charge in [-0.15, -0.1) is 11.8 Å². The van der Waals surface area contributed by atoms with E-state index in [4.69, 9.17) is 16.3 Å². The van der Waals surface area contributed by atoms with E-state index >= 15 is 0 Å². The topological polar surface area (TPSA) is 50.4 Å². The third kappa shape index (κ3) is 4.19. The predicted octanol–water partition coefficient (Wildman–Crippen LogP) is 2.96. The summed E-state index contributed by atoms with van der Waals surface area (Å²) < 4.78 is 5.14. The average Bonchev–Trinajstić information content (AvgIpc) is 2.48. The molecule has 1 aromatic rings. The summed E-state index contributed by atoms with van der Waals surface area (Å²) in [5.74, 6) is 1.63. The Morgan fingerprint density at radius 1 is 1.43 bits per heavy atom. The van der Waals surface area contributed by atoms with Gasteiger partial charge in [-0.1, -0.05) is 23.7 Å². The summed E-state index contributed by atoms with van der Waals surface area (Å²) in [5.41, 5.74) is 2.42. The Bertz CT molecular complexity index is 570. The van der Waals surface area contributed by atoms with Gasteiger partial charge in [-0.05, 0) is 30.7 Å². The highest BCUT2D eigenvalue weighted by atomic mass is 35.5. The molecule has 6 heteroatoms. The molecule has 1 aliphatic rings. The van der Waals surface area contributed by atoms with E-state index in [9.17, 15) is 4.79 Å². The number of halogens is 1. The third-order valence-corrected chi connectivity index (χ3v) is 4.44. The summed E-state index contributed by atoms with van der Waals surface area (Å²) >= 11 is 7.85. The van der Waals surface area contributed by atoms with Crippen molar-refractivity contribution in [2.24, 2.45) is 0 Å².